The van der Waals surface area contributed by atoms with Crippen LogP contribution >= 0.6 is 0 Å². The van der Waals surface area contributed by atoms with Crippen molar-refractivity contribution in [1.29, 1.82) is 0 Å². The van der Waals surface area contributed by atoms with Crippen molar-refractivity contribution in [2.75, 3.05) is 23.9 Å². The number of ether oxygens (including phenoxy) is 3. The van der Waals surface area contributed by atoms with Gasteiger partial charge >= 0.3 is 24.5 Å². The zero-order valence-electron chi connectivity index (χ0n) is 28.1. The lowest BCUT2D eigenvalue weighted by Crippen LogP contribution is -2.48. The molecule has 11 nitrogen and oxygen atoms in total. The number of anilines is 2. The fourth-order valence-corrected chi connectivity index (χ4v) is 5.74. The van der Waals surface area contributed by atoms with Crippen LogP contribution in [-0.4, -0.2) is 46.9 Å². The number of benzene rings is 2. The van der Waals surface area contributed by atoms with Gasteiger partial charge in [0.2, 0.25) is 5.88 Å². The summed E-state index contributed by atoms with van der Waals surface area (Å²) in [5.41, 5.74) is -2.21. The van der Waals surface area contributed by atoms with Gasteiger partial charge in [0.1, 0.15) is 12.4 Å². The molecule has 0 aliphatic carbocycles. The molecule has 52 heavy (non-hydrogen) atoms. The number of hydrogen-bond acceptors (Lipinski definition) is 9. The molecule has 0 saturated heterocycles. The van der Waals surface area contributed by atoms with Crippen LogP contribution in [-0.2, 0) is 28.4 Å². The van der Waals surface area contributed by atoms with Crippen molar-refractivity contribution in [3.05, 3.63) is 107 Å². The lowest BCUT2D eigenvalue weighted by atomic mass is 9.91. The lowest BCUT2D eigenvalue weighted by molar-refractivity contribution is -0.143. The number of pyridine rings is 1. The Kier molecular flexibility index (Phi) is 11.5. The van der Waals surface area contributed by atoms with E-state index < -0.39 is 59.4 Å². The third-order valence-electron chi connectivity index (χ3n) is 8.18. The summed E-state index contributed by atoms with van der Waals surface area (Å²) in [4.78, 5) is 39.9. The molecule has 0 fully saturated rings. The fraction of sp³-hybridized carbons (Fsp3) is 0.343. The summed E-state index contributed by atoms with van der Waals surface area (Å²) in [6.45, 7) is 3.50. The Morgan fingerprint density at radius 3 is 2.15 bits per heavy atom. The zero-order valence-corrected chi connectivity index (χ0v) is 28.1. The maximum Gasteiger partial charge on any atom is 0.416 e. The van der Waals surface area contributed by atoms with E-state index in [0.29, 0.717) is 24.2 Å². The Morgan fingerprint density at radius 1 is 0.923 bits per heavy atom. The predicted molar refractivity (Wildman–Crippen MR) is 175 cm³/mol. The van der Waals surface area contributed by atoms with Crippen LogP contribution in [0.15, 0.2) is 73.1 Å². The van der Waals surface area contributed by atoms with E-state index in [4.69, 9.17) is 14.2 Å². The smallest absolute Gasteiger partial charge is 0.416 e. The number of nitrogens with one attached hydrogen (secondary N) is 2. The minimum atomic E-state index is -5.13. The van der Waals surface area contributed by atoms with Crippen molar-refractivity contribution in [3.8, 4) is 5.88 Å². The van der Waals surface area contributed by atoms with E-state index in [9.17, 15) is 35.9 Å². The van der Waals surface area contributed by atoms with Crippen LogP contribution < -0.4 is 20.3 Å². The number of carbonyl (C=O) groups is 2. The number of alkyl halides is 6. The first kappa shape index (κ1) is 37.8. The molecule has 0 spiro atoms. The zero-order chi connectivity index (χ0) is 37.6. The van der Waals surface area contributed by atoms with Crippen molar-refractivity contribution in [2.45, 2.75) is 63.8 Å². The second-order valence-electron chi connectivity index (χ2n) is 11.6. The number of amides is 2. The van der Waals surface area contributed by atoms with Gasteiger partial charge in [-0.1, -0.05) is 37.3 Å². The number of methoxy groups -OCH3 is 1. The summed E-state index contributed by atoms with van der Waals surface area (Å²) in [6, 6.07) is 10.3. The number of halogens is 6. The highest BCUT2D eigenvalue weighted by Crippen LogP contribution is 2.42. The number of nitrogens with zero attached hydrogens (tertiary/aromatic N) is 4. The van der Waals surface area contributed by atoms with Gasteiger partial charge in [-0.25, -0.2) is 24.5 Å². The third-order valence-corrected chi connectivity index (χ3v) is 8.18. The molecule has 0 radical (unpaired) electrons. The SMILES string of the molecule is CCOC(=O)N1c2ccc(OC)nc2C(NC(c2cc(C(F)(F)F)cc(C(F)(F)F)c2)c2ncc(NC(=O)OCc3ccccc3)cn2)CC1CC. The highest BCUT2D eigenvalue weighted by atomic mass is 19.4. The molecule has 3 atom stereocenters. The van der Waals surface area contributed by atoms with E-state index >= 15 is 0 Å². The van der Waals surface area contributed by atoms with Gasteiger partial charge in [-0.05, 0) is 55.2 Å². The number of hydrogen-bond donors (Lipinski definition) is 2. The van der Waals surface area contributed by atoms with E-state index in [2.05, 4.69) is 25.6 Å². The number of fused-ring (bicyclic) bond motifs is 1. The van der Waals surface area contributed by atoms with Crippen molar-refractivity contribution < 1.29 is 50.1 Å². The van der Waals surface area contributed by atoms with Gasteiger partial charge in [-0.15, -0.1) is 0 Å². The predicted octanol–water partition coefficient (Wildman–Crippen LogP) is 8.23. The number of rotatable bonds is 10. The summed E-state index contributed by atoms with van der Waals surface area (Å²) in [6.07, 6.45) is -8.94. The van der Waals surface area contributed by atoms with Crippen LogP contribution in [0.3, 0.4) is 0 Å². The Bertz CT molecular complexity index is 1830. The number of aromatic nitrogens is 3. The van der Waals surface area contributed by atoms with Crippen LogP contribution in [0.25, 0.3) is 0 Å². The summed E-state index contributed by atoms with van der Waals surface area (Å²) in [5.74, 6) is -0.0777. The van der Waals surface area contributed by atoms with Crippen molar-refractivity contribution in [2.24, 2.45) is 0 Å². The quantitative estimate of drug-likeness (QED) is 0.155. The van der Waals surface area contributed by atoms with Crippen molar-refractivity contribution in [3.63, 3.8) is 0 Å². The van der Waals surface area contributed by atoms with Gasteiger partial charge in [0.15, 0.2) is 0 Å². The molecule has 5 rings (SSSR count). The van der Waals surface area contributed by atoms with Gasteiger partial charge < -0.3 is 14.2 Å². The highest BCUT2D eigenvalue weighted by molar-refractivity contribution is 5.90. The molecular weight excluding hydrogens is 698 g/mol. The summed E-state index contributed by atoms with van der Waals surface area (Å²) < 4.78 is 99.9. The average molecular weight is 733 g/mol. The van der Waals surface area contributed by atoms with Crippen LogP contribution in [0.5, 0.6) is 5.88 Å². The maximum atomic E-state index is 14.0. The number of carbonyl (C=O) groups excluding carboxylic acids is 2. The topological polar surface area (TPSA) is 128 Å². The minimum absolute atomic E-state index is 0.0299. The largest absolute Gasteiger partial charge is 0.481 e. The summed E-state index contributed by atoms with van der Waals surface area (Å²) in [7, 11) is 1.36. The molecule has 2 amide bonds. The standard InChI is InChI=1S/C35H34F6N6O5/c1-4-25-16-26(30-27(11-12-28(46-30)50-3)47(25)33(49)51-5-2)45-29(21-13-22(34(36,37)38)15-23(14-21)35(39,40)41)31-42-17-24(18-43-31)44-32(48)52-19-20-9-7-6-8-10-20/h6-15,17-18,25-26,29,45H,4-5,16,19H2,1-3H3,(H,44,48). The van der Waals surface area contributed by atoms with Crippen LogP contribution in [0.1, 0.15) is 72.5 Å². The lowest BCUT2D eigenvalue weighted by Gasteiger charge is -2.40. The van der Waals surface area contributed by atoms with E-state index in [0.717, 1.165) is 18.0 Å². The Labute approximate surface area is 294 Å². The minimum Gasteiger partial charge on any atom is -0.481 e. The van der Waals surface area contributed by atoms with Gasteiger partial charge in [0.25, 0.3) is 0 Å². The third kappa shape index (κ3) is 8.88. The van der Waals surface area contributed by atoms with Crippen LogP contribution in [0, 0.1) is 0 Å². The van der Waals surface area contributed by atoms with Gasteiger partial charge in [-0.3, -0.25) is 15.5 Å². The highest BCUT2D eigenvalue weighted by Gasteiger charge is 2.41. The van der Waals surface area contributed by atoms with Crippen molar-refractivity contribution >= 4 is 23.6 Å². The van der Waals surface area contributed by atoms with Gasteiger partial charge in [-0.2, -0.15) is 26.3 Å². The van der Waals surface area contributed by atoms with E-state index in [1.54, 1.807) is 43.3 Å². The van der Waals surface area contributed by atoms with Crippen molar-refractivity contribution in [1.82, 2.24) is 20.3 Å². The first-order chi connectivity index (χ1) is 24.7. The average Bonchev–Trinajstić information content (AvgIpc) is 3.12. The van der Waals surface area contributed by atoms with Gasteiger partial charge in [0.05, 0.1) is 66.4 Å². The van der Waals surface area contributed by atoms with Crippen LogP contribution in [0.2, 0.25) is 0 Å². The summed E-state index contributed by atoms with van der Waals surface area (Å²) in [5, 5.41) is 5.58. The Balaban J connectivity index is 1.56. The molecule has 0 bridgehead atoms. The maximum absolute atomic E-state index is 14.0. The first-order valence-corrected chi connectivity index (χ1v) is 16.1. The first-order valence-electron chi connectivity index (χ1n) is 16.1. The molecule has 2 N–H and O–H groups in total. The Hall–Kier alpha value is -5.45. The molecule has 17 heteroatoms. The van der Waals surface area contributed by atoms with E-state index in [1.807, 2.05) is 6.92 Å². The molecular formula is C35H34F6N6O5. The molecule has 3 heterocycles. The Morgan fingerprint density at radius 2 is 1.58 bits per heavy atom. The molecule has 1 aliphatic rings. The second-order valence-corrected chi connectivity index (χ2v) is 11.6. The molecule has 2 aromatic heterocycles. The molecule has 1 aliphatic heterocycles. The normalized spacial score (nSPS) is 16.4. The molecule has 2 aromatic carbocycles. The second kappa shape index (κ2) is 15.8. The molecule has 4 aromatic rings. The summed E-state index contributed by atoms with van der Waals surface area (Å²) >= 11 is 0. The van der Waals surface area contributed by atoms with Crippen LogP contribution in [0.4, 0.5) is 47.3 Å². The molecule has 276 valence electrons. The van der Waals surface area contributed by atoms with E-state index in [1.165, 1.54) is 18.1 Å². The fourth-order valence-electron chi connectivity index (χ4n) is 5.74. The molecule has 0 saturated carbocycles. The van der Waals surface area contributed by atoms with E-state index in [-0.39, 0.29) is 48.8 Å². The molecule has 3 unspecified atom stereocenters. The monoisotopic (exact) mass is 732 g/mol. The van der Waals surface area contributed by atoms with Gasteiger partial charge in [0, 0.05) is 12.1 Å².